The van der Waals surface area contributed by atoms with Gasteiger partial charge in [-0.15, -0.1) is 0 Å². The molecule has 0 aliphatic heterocycles. The maximum atomic E-state index is 12.1. The zero-order chi connectivity index (χ0) is 11.4. The predicted octanol–water partition coefficient (Wildman–Crippen LogP) is 2.90. The summed E-state index contributed by atoms with van der Waals surface area (Å²) >= 11 is 0. The number of nitrogens with one attached hydrogen (secondary N) is 1. The largest absolute Gasteiger partial charge is 0.362 e. The first-order chi connectivity index (χ1) is 7.11. The van der Waals surface area contributed by atoms with Crippen molar-refractivity contribution >= 4 is 0 Å². The zero-order valence-electron chi connectivity index (χ0n) is 10.2. The van der Waals surface area contributed by atoms with Gasteiger partial charge in [-0.05, 0) is 26.7 Å². The first-order valence-electron chi connectivity index (χ1n) is 5.83. The topological polar surface area (TPSA) is 32.9 Å². The average Bonchev–Trinajstić information content (AvgIpc) is 2.21. The van der Waals surface area contributed by atoms with E-state index in [4.69, 9.17) is 0 Å². The molecule has 0 aliphatic carbocycles. The monoisotopic (exact) mass is 207 g/mol. The van der Waals surface area contributed by atoms with Crippen LogP contribution in [0.4, 0.5) is 0 Å². The molecule has 1 aromatic rings. The second-order valence-corrected chi connectivity index (χ2v) is 4.16. The van der Waals surface area contributed by atoms with Crippen molar-refractivity contribution in [2.24, 2.45) is 0 Å². The molecule has 15 heavy (non-hydrogen) atoms. The van der Waals surface area contributed by atoms with Gasteiger partial charge in [-0.1, -0.05) is 26.7 Å². The van der Waals surface area contributed by atoms with Crippen LogP contribution >= 0.6 is 0 Å². The Morgan fingerprint density at radius 3 is 2.20 bits per heavy atom. The van der Waals surface area contributed by atoms with Crippen molar-refractivity contribution < 1.29 is 0 Å². The molecule has 1 N–H and O–H groups in total. The fourth-order valence-electron chi connectivity index (χ4n) is 1.91. The number of rotatable bonds is 4. The van der Waals surface area contributed by atoms with E-state index in [2.05, 4.69) is 18.8 Å². The molecule has 84 valence electrons. The molecule has 0 atom stereocenters. The Labute approximate surface area is 91.7 Å². The Hall–Kier alpha value is -1.05. The van der Waals surface area contributed by atoms with Crippen LogP contribution in [-0.2, 0) is 12.8 Å². The molecule has 0 bridgehead atoms. The van der Waals surface area contributed by atoms with Crippen molar-refractivity contribution in [1.82, 2.24) is 4.98 Å². The standard InChI is InChI=1S/C13H21NO/c1-5-7-11-12(8-6-2)14-10(4)9(3)13(11)15/h5-8H2,1-4H3,(H,14,15). The van der Waals surface area contributed by atoms with Crippen molar-refractivity contribution in [1.29, 1.82) is 0 Å². The molecular weight excluding hydrogens is 186 g/mol. The van der Waals surface area contributed by atoms with Crippen molar-refractivity contribution in [3.05, 3.63) is 32.7 Å². The van der Waals surface area contributed by atoms with Crippen LogP contribution < -0.4 is 5.43 Å². The number of H-pyrrole nitrogens is 1. The average molecular weight is 207 g/mol. The molecule has 0 aliphatic rings. The van der Waals surface area contributed by atoms with E-state index in [0.29, 0.717) is 0 Å². The number of aromatic nitrogens is 1. The summed E-state index contributed by atoms with van der Waals surface area (Å²) < 4.78 is 0. The molecule has 0 aromatic carbocycles. The van der Waals surface area contributed by atoms with Gasteiger partial charge in [-0.3, -0.25) is 4.79 Å². The van der Waals surface area contributed by atoms with Gasteiger partial charge in [0.1, 0.15) is 0 Å². The minimum absolute atomic E-state index is 0.247. The Morgan fingerprint density at radius 2 is 1.67 bits per heavy atom. The Kier molecular flexibility index (Phi) is 4.13. The van der Waals surface area contributed by atoms with Crippen molar-refractivity contribution in [2.45, 2.75) is 53.4 Å². The van der Waals surface area contributed by atoms with E-state index in [-0.39, 0.29) is 5.43 Å². The van der Waals surface area contributed by atoms with E-state index < -0.39 is 0 Å². The van der Waals surface area contributed by atoms with Crippen LogP contribution in [0.3, 0.4) is 0 Å². The van der Waals surface area contributed by atoms with E-state index in [1.807, 2.05) is 13.8 Å². The molecule has 0 spiro atoms. The van der Waals surface area contributed by atoms with E-state index in [0.717, 1.165) is 48.2 Å². The molecule has 0 unspecified atom stereocenters. The lowest BCUT2D eigenvalue weighted by molar-refractivity contribution is 0.810. The number of pyridine rings is 1. The summed E-state index contributed by atoms with van der Waals surface area (Å²) in [5.41, 5.74) is 4.29. The third kappa shape index (κ3) is 2.49. The highest BCUT2D eigenvalue weighted by Crippen LogP contribution is 2.10. The normalized spacial score (nSPS) is 10.7. The summed E-state index contributed by atoms with van der Waals surface area (Å²) in [4.78, 5) is 15.4. The van der Waals surface area contributed by atoms with Crippen LogP contribution in [0.15, 0.2) is 4.79 Å². The van der Waals surface area contributed by atoms with E-state index in [1.165, 1.54) is 0 Å². The van der Waals surface area contributed by atoms with Crippen molar-refractivity contribution in [3.63, 3.8) is 0 Å². The quantitative estimate of drug-likeness (QED) is 0.809. The second-order valence-electron chi connectivity index (χ2n) is 4.16. The van der Waals surface area contributed by atoms with Crippen molar-refractivity contribution in [2.75, 3.05) is 0 Å². The SMILES string of the molecule is CCCc1[nH]c(C)c(C)c(=O)c1CCC. The maximum absolute atomic E-state index is 12.1. The number of aryl methyl sites for hydroxylation is 2. The smallest absolute Gasteiger partial charge is 0.188 e. The molecule has 0 radical (unpaired) electrons. The fourth-order valence-corrected chi connectivity index (χ4v) is 1.91. The first kappa shape index (κ1) is 12.0. The van der Waals surface area contributed by atoms with Gasteiger partial charge in [-0.25, -0.2) is 0 Å². The lowest BCUT2D eigenvalue weighted by Gasteiger charge is -2.11. The second kappa shape index (κ2) is 5.15. The van der Waals surface area contributed by atoms with Gasteiger partial charge in [0.15, 0.2) is 5.43 Å². The number of aromatic amines is 1. The Morgan fingerprint density at radius 1 is 1.07 bits per heavy atom. The minimum atomic E-state index is 0.247. The van der Waals surface area contributed by atoms with Crippen LogP contribution in [0.5, 0.6) is 0 Å². The molecule has 0 saturated carbocycles. The maximum Gasteiger partial charge on any atom is 0.188 e. The molecule has 1 heterocycles. The van der Waals surface area contributed by atoms with Gasteiger partial charge in [-0.2, -0.15) is 0 Å². The molecule has 1 rings (SSSR count). The summed E-state index contributed by atoms with van der Waals surface area (Å²) in [7, 11) is 0. The Bertz CT molecular complexity index is 390. The van der Waals surface area contributed by atoms with Gasteiger partial charge >= 0.3 is 0 Å². The highest BCUT2D eigenvalue weighted by molar-refractivity contribution is 5.29. The Balaban J connectivity index is 3.30. The number of hydrogen-bond acceptors (Lipinski definition) is 1. The lowest BCUT2D eigenvalue weighted by atomic mass is 10.0. The van der Waals surface area contributed by atoms with Crippen LogP contribution in [0.25, 0.3) is 0 Å². The number of hydrogen-bond donors (Lipinski definition) is 1. The van der Waals surface area contributed by atoms with E-state index in [9.17, 15) is 4.79 Å². The zero-order valence-corrected chi connectivity index (χ0v) is 10.2. The summed E-state index contributed by atoms with van der Waals surface area (Å²) in [6.45, 7) is 8.14. The summed E-state index contributed by atoms with van der Waals surface area (Å²) in [5, 5.41) is 0. The third-order valence-electron chi connectivity index (χ3n) is 2.88. The highest BCUT2D eigenvalue weighted by atomic mass is 16.1. The van der Waals surface area contributed by atoms with Gasteiger partial charge in [0, 0.05) is 22.5 Å². The van der Waals surface area contributed by atoms with Crippen LogP contribution in [-0.4, -0.2) is 4.98 Å². The first-order valence-corrected chi connectivity index (χ1v) is 5.83. The molecule has 1 aromatic heterocycles. The van der Waals surface area contributed by atoms with Crippen LogP contribution in [0.2, 0.25) is 0 Å². The van der Waals surface area contributed by atoms with Crippen molar-refractivity contribution in [3.8, 4) is 0 Å². The summed E-state index contributed by atoms with van der Waals surface area (Å²) in [5.74, 6) is 0. The fraction of sp³-hybridized carbons (Fsp3) is 0.615. The molecule has 2 heteroatoms. The van der Waals surface area contributed by atoms with Gasteiger partial charge in [0.05, 0.1) is 0 Å². The molecule has 0 fully saturated rings. The highest BCUT2D eigenvalue weighted by Gasteiger charge is 2.10. The lowest BCUT2D eigenvalue weighted by Crippen LogP contribution is -2.18. The summed E-state index contributed by atoms with van der Waals surface area (Å²) in [6, 6.07) is 0. The van der Waals surface area contributed by atoms with E-state index in [1.54, 1.807) is 0 Å². The summed E-state index contributed by atoms with van der Waals surface area (Å²) in [6.07, 6.45) is 3.98. The van der Waals surface area contributed by atoms with Gasteiger partial charge in [0.25, 0.3) is 0 Å². The minimum Gasteiger partial charge on any atom is -0.362 e. The third-order valence-corrected chi connectivity index (χ3v) is 2.88. The molecule has 0 saturated heterocycles. The molecule has 0 amide bonds. The van der Waals surface area contributed by atoms with Crippen LogP contribution in [0, 0.1) is 13.8 Å². The van der Waals surface area contributed by atoms with E-state index >= 15 is 0 Å². The predicted molar refractivity (Wildman–Crippen MR) is 64.5 cm³/mol. The van der Waals surface area contributed by atoms with Gasteiger partial charge < -0.3 is 4.98 Å². The molecule has 2 nitrogen and oxygen atoms in total. The van der Waals surface area contributed by atoms with Gasteiger partial charge in [0.2, 0.25) is 0 Å². The molecular formula is C13H21NO. The van der Waals surface area contributed by atoms with Crippen LogP contribution in [0.1, 0.15) is 49.2 Å².